The molecule has 0 unspecified atom stereocenters. The molecule has 2 saturated heterocycles. The molecule has 0 spiro atoms. The highest BCUT2D eigenvalue weighted by molar-refractivity contribution is 6.07. The van der Waals surface area contributed by atoms with E-state index < -0.39 is 28.7 Å². The van der Waals surface area contributed by atoms with Gasteiger partial charge in [0.15, 0.2) is 22.8 Å². The lowest BCUT2D eigenvalue weighted by Gasteiger charge is -2.30. The van der Waals surface area contributed by atoms with Gasteiger partial charge in [-0.1, -0.05) is 6.08 Å². The molecule has 0 atom stereocenters. The van der Waals surface area contributed by atoms with Gasteiger partial charge in [-0.2, -0.15) is 0 Å². The number of rotatable bonds is 20. The number of hydrogen-bond acceptors (Lipinski definition) is 15. The average Bonchev–Trinajstić information content (AvgIpc) is 3.37. The summed E-state index contributed by atoms with van der Waals surface area (Å²) in [5.74, 6) is 2.18. The van der Waals surface area contributed by atoms with Gasteiger partial charge < -0.3 is 37.9 Å². The van der Waals surface area contributed by atoms with E-state index in [1.54, 1.807) is 65.8 Å². The Kier molecular flexibility index (Phi) is 26.6. The summed E-state index contributed by atoms with van der Waals surface area (Å²) >= 11 is 0. The molecular formula is C64H89ClN2O13. The first-order valence-electron chi connectivity index (χ1n) is 27.3. The van der Waals surface area contributed by atoms with Crippen LogP contribution in [-0.4, -0.2) is 142 Å². The van der Waals surface area contributed by atoms with Crippen molar-refractivity contribution in [3.05, 3.63) is 121 Å². The van der Waals surface area contributed by atoms with Gasteiger partial charge in [0.1, 0.15) is 48.1 Å². The van der Waals surface area contributed by atoms with Gasteiger partial charge in [-0.25, -0.2) is 9.59 Å². The summed E-state index contributed by atoms with van der Waals surface area (Å²) in [6.07, 6.45) is 4.19. The van der Waals surface area contributed by atoms with Crippen LogP contribution in [0.15, 0.2) is 54.6 Å². The van der Waals surface area contributed by atoms with Crippen molar-refractivity contribution in [1.82, 2.24) is 9.80 Å². The quantitative estimate of drug-likeness (QED) is 0.0355. The molecule has 0 aromatic heterocycles. The second-order valence-corrected chi connectivity index (χ2v) is 22.3. The first-order valence-corrected chi connectivity index (χ1v) is 27.3. The highest BCUT2D eigenvalue weighted by Crippen LogP contribution is 2.32. The van der Waals surface area contributed by atoms with Crippen molar-refractivity contribution >= 4 is 48.3 Å². The zero-order chi connectivity index (χ0) is 58.8. The predicted octanol–water partition coefficient (Wildman–Crippen LogP) is 11.5. The van der Waals surface area contributed by atoms with Crippen LogP contribution < -0.4 is 18.9 Å². The van der Waals surface area contributed by atoms with E-state index in [1.165, 1.54) is 0 Å². The fraction of sp³-hybridized carbons (Fsp3) is 0.516. The minimum Gasteiger partial charge on any atom is -0.492 e. The Morgan fingerprint density at radius 3 is 1.26 bits per heavy atom. The number of morpholine rings is 2. The zero-order valence-electron chi connectivity index (χ0n) is 50.7. The van der Waals surface area contributed by atoms with Crippen molar-refractivity contribution in [2.45, 2.75) is 135 Å². The van der Waals surface area contributed by atoms with Crippen LogP contribution >= 0.6 is 12.4 Å². The molecule has 2 aliphatic heterocycles. The summed E-state index contributed by atoms with van der Waals surface area (Å²) in [4.78, 5) is 64.4. The number of ether oxygens (including phenoxy) is 8. The Labute approximate surface area is 482 Å². The molecule has 0 radical (unpaired) electrons. The van der Waals surface area contributed by atoms with E-state index in [-0.39, 0.29) is 24.0 Å². The summed E-state index contributed by atoms with van der Waals surface area (Å²) in [6.45, 7) is 41.3. The lowest BCUT2D eigenvalue weighted by Crippen LogP contribution is -2.43. The molecule has 440 valence electrons. The third-order valence-electron chi connectivity index (χ3n) is 13.0. The van der Waals surface area contributed by atoms with E-state index >= 15 is 0 Å². The standard InChI is InChI=1S/C31H41NO6.C17H24O4.C16H23NO3.ClH/c1-8-36-30(34)31(6,7)38-29-21(2)17-25(18-22(29)3)9-10-27(33)26-19-23(4)28(24(5)20-26)37-16-13-32-11-14-35-15-12-32;1-11-8-13(10-18)9-12(2)14(11)20-17(6,7)15(19)21-16(3,4)5;1-12-10-15(14(3)18)11-13(2)16(12)20-9-6-17-4-7-19-8-5-17;/h9-10,17-20H,8,11-16H2,1-7H3;8-10H,1-7H3;10-11H,4-9H2,1-3H3;1H/b10-9+;;;. The molecular weight excluding hydrogens is 1040 g/mol. The number of aldehydes is 1. The minimum absolute atomic E-state index is 0. The lowest BCUT2D eigenvalue weighted by molar-refractivity contribution is -0.171. The summed E-state index contributed by atoms with van der Waals surface area (Å²) < 4.78 is 45.1. The van der Waals surface area contributed by atoms with Crippen LogP contribution in [0.3, 0.4) is 0 Å². The van der Waals surface area contributed by atoms with Gasteiger partial charge >= 0.3 is 11.9 Å². The van der Waals surface area contributed by atoms with E-state index in [0.29, 0.717) is 42.4 Å². The summed E-state index contributed by atoms with van der Waals surface area (Å²) in [5, 5.41) is 0. The van der Waals surface area contributed by atoms with Gasteiger partial charge in [0.05, 0.1) is 33.0 Å². The Morgan fingerprint density at radius 1 is 0.537 bits per heavy atom. The van der Waals surface area contributed by atoms with Crippen molar-refractivity contribution in [3.8, 4) is 23.0 Å². The van der Waals surface area contributed by atoms with Gasteiger partial charge in [-0.05, 0) is 222 Å². The lowest BCUT2D eigenvalue weighted by atomic mass is 10.0. The van der Waals surface area contributed by atoms with Crippen LogP contribution in [0.5, 0.6) is 23.0 Å². The molecule has 4 aromatic carbocycles. The molecule has 4 aromatic rings. The van der Waals surface area contributed by atoms with Gasteiger partial charge in [-0.15, -0.1) is 12.4 Å². The number of carbonyl (C=O) groups excluding carboxylic acids is 5. The molecule has 0 bridgehead atoms. The van der Waals surface area contributed by atoms with Crippen LogP contribution in [0.1, 0.15) is 143 Å². The number of ketones is 2. The number of allylic oxidation sites excluding steroid dienone is 1. The number of halogens is 1. The van der Waals surface area contributed by atoms with E-state index in [4.69, 9.17) is 37.9 Å². The summed E-state index contributed by atoms with van der Waals surface area (Å²) in [7, 11) is 0. The number of esters is 2. The average molecular weight is 1130 g/mol. The van der Waals surface area contributed by atoms with Crippen molar-refractivity contribution in [2.24, 2.45) is 0 Å². The van der Waals surface area contributed by atoms with Gasteiger partial charge in [0.2, 0.25) is 0 Å². The maximum atomic E-state index is 13.0. The van der Waals surface area contributed by atoms with Gasteiger partial charge in [-0.3, -0.25) is 24.2 Å². The molecule has 0 amide bonds. The molecule has 0 N–H and O–H groups in total. The number of carbonyl (C=O) groups is 5. The molecule has 0 saturated carbocycles. The molecule has 0 aliphatic carbocycles. The Balaban J connectivity index is 0.000000340. The highest BCUT2D eigenvalue weighted by Gasteiger charge is 2.36. The Hall–Kier alpha value is -6.10. The first kappa shape index (κ1) is 68.2. The third-order valence-corrected chi connectivity index (χ3v) is 13.0. The number of nitrogens with zero attached hydrogens (tertiary/aromatic N) is 2. The second-order valence-electron chi connectivity index (χ2n) is 22.3. The second kappa shape index (κ2) is 31.2. The summed E-state index contributed by atoms with van der Waals surface area (Å²) in [6, 6.07) is 14.9. The maximum Gasteiger partial charge on any atom is 0.350 e. The fourth-order valence-electron chi connectivity index (χ4n) is 8.93. The Bertz CT molecular complexity index is 2690. The van der Waals surface area contributed by atoms with E-state index in [9.17, 15) is 24.0 Å². The molecule has 15 nitrogen and oxygen atoms in total. The molecule has 2 heterocycles. The van der Waals surface area contributed by atoms with Crippen LogP contribution in [0.2, 0.25) is 0 Å². The molecule has 16 heteroatoms. The fourth-order valence-corrected chi connectivity index (χ4v) is 8.93. The van der Waals surface area contributed by atoms with Crippen molar-refractivity contribution in [1.29, 1.82) is 0 Å². The van der Waals surface area contributed by atoms with Crippen LogP contribution in [0.25, 0.3) is 6.08 Å². The van der Waals surface area contributed by atoms with Crippen molar-refractivity contribution < 1.29 is 61.9 Å². The minimum atomic E-state index is -1.11. The zero-order valence-corrected chi connectivity index (χ0v) is 51.5. The normalized spacial score (nSPS) is 14.1. The SMILES string of the molecule is CC(=O)c1cc(C)c(OCCN2CCOCC2)c(C)c1.CCOC(=O)C(C)(C)Oc1c(C)cc(/C=C/C(=O)c2cc(C)c(OCCN3CCOCC3)c(C)c2)cc1C.Cc1cc(C=O)cc(C)c1OC(C)(C)C(=O)OC(C)(C)C.Cl. The largest absolute Gasteiger partial charge is 0.492 e. The van der Waals surface area contributed by atoms with E-state index in [1.807, 2.05) is 113 Å². The number of Topliss-reactive ketones (excluding diaryl/α,β-unsaturated/α-hetero) is 1. The molecule has 80 heavy (non-hydrogen) atoms. The first-order chi connectivity index (χ1) is 37.0. The molecule has 2 fully saturated rings. The number of hydrogen-bond donors (Lipinski definition) is 0. The molecule has 2 aliphatic rings. The highest BCUT2D eigenvalue weighted by atomic mass is 35.5. The van der Waals surface area contributed by atoms with E-state index in [2.05, 4.69) is 9.80 Å². The molecule has 6 rings (SSSR count). The van der Waals surface area contributed by atoms with Crippen molar-refractivity contribution in [3.63, 3.8) is 0 Å². The van der Waals surface area contributed by atoms with E-state index in [0.717, 1.165) is 139 Å². The topological polar surface area (TPSA) is 166 Å². The van der Waals surface area contributed by atoms with Gasteiger partial charge in [0.25, 0.3) is 0 Å². The van der Waals surface area contributed by atoms with Crippen LogP contribution in [0.4, 0.5) is 0 Å². The predicted molar refractivity (Wildman–Crippen MR) is 317 cm³/mol. The maximum absolute atomic E-state index is 13.0. The van der Waals surface area contributed by atoms with Crippen LogP contribution in [-0.2, 0) is 28.5 Å². The number of aryl methyl sites for hydroxylation is 8. The van der Waals surface area contributed by atoms with Crippen LogP contribution in [0, 0.1) is 55.4 Å². The third kappa shape index (κ3) is 21.1. The van der Waals surface area contributed by atoms with Gasteiger partial charge in [0, 0.05) is 56.0 Å². The summed E-state index contributed by atoms with van der Waals surface area (Å²) in [5.41, 5.74) is 7.39. The monoisotopic (exact) mass is 1130 g/mol. The number of benzene rings is 4. The smallest absolute Gasteiger partial charge is 0.350 e. The Morgan fingerprint density at radius 2 is 0.900 bits per heavy atom. The van der Waals surface area contributed by atoms with Crippen molar-refractivity contribution in [2.75, 3.05) is 85.5 Å².